The van der Waals surface area contributed by atoms with Crippen molar-refractivity contribution in [2.24, 2.45) is 0 Å². The van der Waals surface area contributed by atoms with E-state index in [0.29, 0.717) is 13.0 Å². The topological polar surface area (TPSA) is 47.9 Å². The molecule has 1 fully saturated rings. The van der Waals surface area contributed by atoms with Crippen molar-refractivity contribution in [3.8, 4) is 0 Å². The standard InChI is InChI=1S/C14H20O4/c1-10-8-12(15)13(14(16-2)18-10)17-9-11-6-4-3-5-7-11/h3-7,10,12-15H,8-9H2,1-2H3/t10-,12+,13-,14+/m1/s1. The molecule has 1 aromatic rings. The Balaban J connectivity index is 1.94. The fourth-order valence-corrected chi connectivity index (χ4v) is 2.16. The molecule has 0 spiro atoms. The molecule has 2 rings (SSSR count). The molecule has 0 amide bonds. The van der Waals surface area contributed by atoms with Crippen LogP contribution in [0, 0.1) is 0 Å². The van der Waals surface area contributed by atoms with Crippen LogP contribution >= 0.6 is 0 Å². The summed E-state index contributed by atoms with van der Waals surface area (Å²) in [4.78, 5) is 0. The van der Waals surface area contributed by atoms with E-state index in [0.717, 1.165) is 5.56 Å². The maximum Gasteiger partial charge on any atom is 0.186 e. The summed E-state index contributed by atoms with van der Waals surface area (Å²) in [5.74, 6) is 0. The van der Waals surface area contributed by atoms with E-state index in [4.69, 9.17) is 14.2 Å². The number of ether oxygens (including phenoxy) is 3. The number of methoxy groups -OCH3 is 1. The van der Waals surface area contributed by atoms with Gasteiger partial charge in [0.1, 0.15) is 6.10 Å². The summed E-state index contributed by atoms with van der Waals surface area (Å²) in [6.07, 6.45) is -0.943. The molecule has 0 saturated carbocycles. The molecule has 1 aliphatic heterocycles. The SMILES string of the molecule is CO[C@H]1O[C@H](C)C[C@H](O)[C@H]1OCc1ccccc1. The molecular weight excluding hydrogens is 232 g/mol. The highest BCUT2D eigenvalue weighted by molar-refractivity contribution is 5.13. The van der Waals surface area contributed by atoms with Crippen molar-refractivity contribution in [2.75, 3.05) is 7.11 Å². The number of aliphatic hydroxyl groups excluding tert-OH is 1. The van der Waals surface area contributed by atoms with Crippen molar-refractivity contribution in [2.45, 2.75) is 44.6 Å². The summed E-state index contributed by atoms with van der Waals surface area (Å²) in [7, 11) is 1.56. The molecule has 0 unspecified atom stereocenters. The van der Waals surface area contributed by atoms with Gasteiger partial charge in [0.05, 0.1) is 18.8 Å². The van der Waals surface area contributed by atoms with Gasteiger partial charge in [-0.1, -0.05) is 30.3 Å². The largest absolute Gasteiger partial charge is 0.390 e. The second kappa shape index (κ2) is 6.29. The summed E-state index contributed by atoms with van der Waals surface area (Å²) < 4.78 is 16.6. The van der Waals surface area contributed by atoms with Crippen molar-refractivity contribution in [1.29, 1.82) is 0 Å². The first-order valence-corrected chi connectivity index (χ1v) is 6.22. The van der Waals surface area contributed by atoms with Gasteiger partial charge in [-0.2, -0.15) is 0 Å². The van der Waals surface area contributed by atoms with E-state index in [2.05, 4.69) is 0 Å². The average Bonchev–Trinajstić information content (AvgIpc) is 2.38. The number of hydrogen-bond acceptors (Lipinski definition) is 4. The van der Waals surface area contributed by atoms with Crippen LogP contribution < -0.4 is 0 Å². The average molecular weight is 252 g/mol. The zero-order chi connectivity index (χ0) is 13.0. The first-order valence-electron chi connectivity index (χ1n) is 6.22. The lowest BCUT2D eigenvalue weighted by atomic mass is 10.0. The Morgan fingerprint density at radius 2 is 2.06 bits per heavy atom. The van der Waals surface area contributed by atoms with Crippen molar-refractivity contribution in [3.05, 3.63) is 35.9 Å². The van der Waals surface area contributed by atoms with Gasteiger partial charge in [-0.15, -0.1) is 0 Å². The molecule has 0 aliphatic carbocycles. The lowest BCUT2D eigenvalue weighted by Gasteiger charge is -2.37. The third-order valence-electron chi connectivity index (χ3n) is 3.10. The molecule has 1 saturated heterocycles. The number of rotatable bonds is 4. The highest BCUT2D eigenvalue weighted by atomic mass is 16.7. The lowest BCUT2D eigenvalue weighted by Crippen LogP contribution is -2.49. The third kappa shape index (κ3) is 3.29. The Morgan fingerprint density at radius 1 is 1.33 bits per heavy atom. The third-order valence-corrected chi connectivity index (χ3v) is 3.10. The minimum Gasteiger partial charge on any atom is -0.390 e. The van der Waals surface area contributed by atoms with Crippen LogP contribution in [-0.4, -0.2) is 36.8 Å². The van der Waals surface area contributed by atoms with E-state index < -0.39 is 18.5 Å². The van der Waals surface area contributed by atoms with Gasteiger partial charge < -0.3 is 19.3 Å². The minimum atomic E-state index is -0.553. The molecule has 1 heterocycles. The highest BCUT2D eigenvalue weighted by Gasteiger charge is 2.37. The van der Waals surface area contributed by atoms with Crippen molar-refractivity contribution in [3.63, 3.8) is 0 Å². The monoisotopic (exact) mass is 252 g/mol. The van der Waals surface area contributed by atoms with Gasteiger partial charge in [0, 0.05) is 13.5 Å². The van der Waals surface area contributed by atoms with Gasteiger partial charge in [-0.25, -0.2) is 0 Å². The van der Waals surface area contributed by atoms with Crippen LogP contribution in [0.5, 0.6) is 0 Å². The van der Waals surface area contributed by atoms with E-state index in [-0.39, 0.29) is 6.10 Å². The normalized spacial score (nSPS) is 32.4. The molecule has 0 aromatic heterocycles. The van der Waals surface area contributed by atoms with Gasteiger partial charge in [0.2, 0.25) is 0 Å². The van der Waals surface area contributed by atoms with E-state index in [1.807, 2.05) is 37.3 Å². The summed E-state index contributed by atoms with van der Waals surface area (Å²) in [5.41, 5.74) is 1.07. The highest BCUT2D eigenvalue weighted by Crippen LogP contribution is 2.24. The van der Waals surface area contributed by atoms with Gasteiger partial charge in [-0.3, -0.25) is 0 Å². The molecule has 4 atom stereocenters. The molecule has 100 valence electrons. The molecule has 4 nitrogen and oxygen atoms in total. The van der Waals surface area contributed by atoms with E-state index in [1.165, 1.54) is 0 Å². The van der Waals surface area contributed by atoms with Crippen LogP contribution in [0.25, 0.3) is 0 Å². The Hall–Kier alpha value is -0.940. The molecule has 1 N–H and O–H groups in total. The summed E-state index contributed by atoms with van der Waals surface area (Å²) in [5, 5.41) is 10.0. The number of benzene rings is 1. The molecule has 1 aliphatic rings. The second-order valence-electron chi connectivity index (χ2n) is 4.62. The molecular formula is C14H20O4. The van der Waals surface area contributed by atoms with Crippen LogP contribution in [0.3, 0.4) is 0 Å². The van der Waals surface area contributed by atoms with Crippen molar-refractivity contribution in [1.82, 2.24) is 0 Å². The molecule has 0 bridgehead atoms. The van der Waals surface area contributed by atoms with Gasteiger partial charge in [-0.05, 0) is 12.5 Å². The zero-order valence-corrected chi connectivity index (χ0v) is 10.8. The Kier molecular flexibility index (Phi) is 4.72. The Bertz CT molecular complexity index is 354. The van der Waals surface area contributed by atoms with Crippen LogP contribution in [0.2, 0.25) is 0 Å². The molecule has 4 heteroatoms. The first kappa shape index (κ1) is 13.5. The zero-order valence-electron chi connectivity index (χ0n) is 10.8. The minimum absolute atomic E-state index is 0.0125. The Labute approximate surface area is 107 Å². The van der Waals surface area contributed by atoms with Gasteiger partial charge >= 0.3 is 0 Å². The van der Waals surface area contributed by atoms with Crippen LogP contribution in [0.1, 0.15) is 18.9 Å². The van der Waals surface area contributed by atoms with Crippen LogP contribution in [0.15, 0.2) is 30.3 Å². The smallest absolute Gasteiger partial charge is 0.186 e. The number of aliphatic hydroxyl groups is 1. The molecule has 18 heavy (non-hydrogen) atoms. The summed E-state index contributed by atoms with van der Waals surface area (Å²) >= 11 is 0. The molecule has 1 aromatic carbocycles. The lowest BCUT2D eigenvalue weighted by molar-refractivity contribution is -0.268. The summed E-state index contributed by atoms with van der Waals surface area (Å²) in [6.45, 7) is 2.36. The van der Waals surface area contributed by atoms with Gasteiger partial charge in [0.25, 0.3) is 0 Å². The van der Waals surface area contributed by atoms with E-state index >= 15 is 0 Å². The maximum absolute atomic E-state index is 10.0. The van der Waals surface area contributed by atoms with Crippen LogP contribution in [-0.2, 0) is 20.8 Å². The number of hydrogen-bond donors (Lipinski definition) is 1. The van der Waals surface area contributed by atoms with Crippen LogP contribution in [0.4, 0.5) is 0 Å². The fourth-order valence-electron chi connectivity index (χ4n) is 2.16. The van der Waals surface area contributed by atoms with E-state index in [9.17, 15) is 5.11 Å². The predicted molar refractivity (Wildman–Crippen MR) is 67.0 cm³/mol. The predicted octanol–water partition coefficient (Wildman–Crippen LogP) is 1.71. The van der Waals surface area contributed by atoms with E-state index in [1.54, 1.807) is 7.11 Å². The molecule has 0 radical (unpaired) electrons. The second-order valence-corrected chi connectivity index (χ2v) is 4.62. The van der Waals surface area contributed by atoms with Gasteiger partial charge in [0.15, 0.2) is 6.29 Å². The fraction of sp³-hybridized carbons (Fsp3) is 0.571. The maximum atomic E-state index is 10.0. The Morgan fingerprint density at radius 3 is 2.72 bits per heavy atom. The van der Waals surface area contributed by atoms with Crippen molar-refractivity contribution < 1.29 is 19.3 Å². The van der Waals surface area contributed by atoms with Crippen molar-refractivity contribution >= 4 is 0 Å². The quantitative estimate of drug-likeness (QED) is 0.886. The summed E-state index contributed by atoms with van der Waals surface area (Å²) in [6, 6.07) is 9.85. The first-order chi connectivity index (χ1) is 8.70.